The van der Waals surface area contributed by atoms with Gasteiger partial charge in [-0.3, -0.25) is 0 Å². The van der Waals surface area contributed by atoms with E-state index in [0.29, 0.717) is 5.69 Å². The van der Waals surface area contributed by atoms with Gasteiger partial charge in [0.15, 0.2) is 5.82 Å². The molecule has 1 aromatic carbocycles. The molecule has 0 aliphatic heterocycles. The SMILES string of the molecule is CNc1nccnc1S(=O)(=O)NC(=O)Nc1c(C(C)C)cccc1C(C)C. The molecule has 0 aliphatic rings. The van der Waals surface area contributed by atoms with E-state index < -0.39 is 16.1 Å². The van der Waals surface area contributed by atoms with E-state index in [9.17, 15) is 13.2 Å². The first-order valence-corrected chi connectivity index (χ1v) is 10.1. The van der Waals surface area contributed by atoms with Gasteiger partial charge < -0.3 is 10.6 Å². The van der Waals surface area contributed by atoms with Crippen LogP contribution >= 0.6 is 0 Å². The summed E-state index contributed by atoms with van der Waals surface area (Å²) in [6.07, 6.45) is 2.61. The van der Waals surface area contributed by atoms with Gasteiger partial charge >= 0.3 is 6.03 Å². The second kappa shape index (κ2) is 8.34. The molecule has 27 heavy (non-hydrogen) atoms. The van der Waals surface area contributed by atoms with Crippen molar-refractivity contribution in [3.8, 4) is 0 Å². The van der Waals surface area contributed by atoms with Gasteiger partial charge in [0.1, 0.15) is 0 Å². The van der Waals surface area contributed by atoms with Gasteiger partial charge in [-0.1, -0.05) is 45.9 Å². The molecule has 2 rings (SSSR count). The molecule has 1 heterocycles. The Morgan fingerprint density at radius 3 is 2.07 bits per heavy atom. The standard InChI is InChI=1S/C18H25N5O3S/c1-11(2)13-7-6-8-14(12(3)4)15(13)22-18(24)23-27(25,26)17-16(19-5)20-9-10-21-17/h6-12H,1-5H3,(H,19,20)(H2,22,23,24). The number of nitrogens with one attached hydrogen (secondary N) is 3. The van der Waals surface area contributed by atoms with E-state index in [1.807, 2.05) is 50.6 Å². The van der Waals surface area contributed by atoms with Crippen molar-refractivity contribution in [1.29, 1.82) is 0 Å². The lowest BCUT2D eigenvalue weighted by molar-refractivity contribution is 0.256. The summed E-state index contributed by atoms with van der Waals surface area (Å²) < 4.78 is 27.1. The molecule has 146 valence electrons. The minimum absolute atomic E-state index is 0.0586. The van der Waals surface area contributed by atoms with Gasteiger partial charge in [-0.05, 0) is 23.0 Å². The summed E-state index contributed by atoms with van der Waals surface area (Å²) in [6, 6.07) is 4.92. The molecule has 0 saturated heterocycles. The first-order chi connectivity index (χ1) is 12.7. The molecule has 0 spiro atoms. The highest BCUT2D eigenvalue weighted by atomic mass is 32.2. The van der Waals surface area contributed by atoms with Gasteiger partial charge in [0.2, 0.25) is 5.03 Å². The summed E-state index contributed by atoms with van der Waals surface area (Å²) in [5, 5.41) is 5.01. The van der Waals surface area contributed by atoms with Crippen LogP contribution in [0.1, 0.15) is 50.7 Å². The summed E-state index contributed by atoms with van der Waals surface area (Å²) in [6.45, 7) is 8.05. The van der Waals surface area contributed by atoms with Gasteiger partial charge in [-0.2, -0.15) is 8.42 Å². The van der Waals surface area contributed by atoms with Crippen molar-refractivity contribution in [2.24, 2.45) is 0 Å². The molecular weight excluding hydrogens is 366 g/mol. The zero-order valence-electron chi connectivity index (χ0n) is 16.1. The number of urea groups is 1. The predicted molar refractivity (Wildman–Crippen MR) is 106 cm³/mol. The van der Waals surface area contributed by atoms with Crippen LogP contribution in [0.2, 0.25) is 0 Å². The number of anilines is 2. The predicted octanol–water partition coefficient (Wildman–Crippen LogP) is 3.28. The smallest absolute Gasteiger partial charge is 0.333 e. The fraction of sp³-hybridized carbons (Fsp3) is 0.389. The first-order valence-electron chi connectivity index (χ1n) is 8.62. The first kappa shape index (κ1) is 20.6. The van der Waals surface area contributed by atoms with Gasteiger partial charge in [-0.15, -0.1) is 0 Å². The largest absolute Gasteiger partial charge is 0.371 e. The van der Waals surface area contributed by atoms with Crippen LogP contribution in [0, 0.1) is 0 Å². The Morgan fingerprint density at radius 1 is 1.00 bits per heavy atom. The molecule has 8 nitrogen and oxygen atoms in total. The highest BCUT2D eigenvalue weighted by Crippen LogP contribution is 2.32. The quantitative estimate of drug-likeness (QED) is 0.696. The van der Waals surface area contributed by atoms with E-state index >= 15 is 0 Å². The van der Waals surface area contributed by atoms with E-state index in [1.54, 1.807) is 0 Å². The van der Waals surface area contributed by atoms with Crippen LogP contribution in [-0.4, -0.2) is 31.5 Å². The maximum atomic E-state index is 12.5. The zero-order valence-corrected chi connectivity index (χ0v) is 16.9. The lowest BCUT2D eigenvalue weighted by atomic mass is 9.93. The van der Waals surface area contributed by atoms with Crippen LogP contribution in [0.15, 0.2) is 35.6 Å². The Hall–Kier alpha value is -2.68. The average molecular weight is 391 g/mol. The molecule has 2 aromatic rings. The van der Waals surface area contributed by atoms with Crippen molar-refractivity contribution >= 4 is 27.6 Å². The summed E-state index contributed by atoms with van der Waals surface area (Å²) in [4.78, 5) is 20.2. The molecule has 2 amide bonds. The van der Waals surface area contributed by atoms with Gasteiger partial charge in [-0.25, -0.2) is 19.5 Å². The molecule has 0 atom stereocenters. The molecule has 0 bridgehead atoms. The van der Waals surface area contributed by atoms with Gasteiger partial charge in [0.05, 0.1) is 0 Å². The molecule has 0 radical (unpaired) electrons. The van der Waals surface area contributed by atoms with Crippen molar-refractivity contribution in [3.63, 3.8) is 0 Å². The number of amides is 2. The molecule has 1 aromatic heterocycles. The molecule has 3 N–H and O–H groups in total. The lowest BCUT2D eigenvalue weighted by Gasteiger charge is -2.20. The number of nitrogens with zero attached hydrogens (tertiary/aromatic N) is 2. The normalized spacial score (nSPS) is 11.5. The molecule has 0 fully saturated rings. The Morgan fingerprint density at radius 2 is 1.56 bits per heavy atom. The highest BCUT2D eigenvalue weighted by molar-refractivity contribution is 7.90. The highest BCUT2D eigenvalue weighted by Gasteiger charge is 2.24. The van der Waals surface area contributed by atoms with Crippen LogP contribution in [0.3, 0.4) is 0 Å². The Balaban J connectivity index is 2.33. The molecule has 0 saturated carbocycles. The van der Waals surface area contributed by atoms with Crippen molar-refractivity contribution in [3.05, 3.63) is 41.7 Å². The number of hydrogen-bond donors (Lipinski definition) is 3. The molecule has 0 unspecified atom stereocenters. The van der Waals surface area contributed by atoms with Crippen molar-refractivity contribution in [2.75, 3.05) is 17.7 Å². The number of aromatic nitrogens is 2. The van der Waals surface area contributed by atoms with Crippen molar-refractivity contribution in [1.82, 2.24) is 14.7 Å². The third-order valence-corrected chi connectivity index (χ3v) is 5.26. The van der Waals surface area contributed by atoms with Crippen molar-refractivity contribution < 1.29 is 13.2 Å². The Labute approximate surface area is 159 Å². The minimum atomic E-state index is -4.19. The van der Waals surface area contributed by atoms with E-state index in [-0.39, 0.29) is 22.7 Å². The number of benzene rings is 1. The van der Waals surface area contributed by atoms with Crippen LogP contribution in [0.5, 0.6) is 0 Å². The van der Waals surface area contributed by atoms with E-state index in [0.717, 1.165) is 11.1 Å². The van der Waals surface area contributed by atoms with Crippen molar-refractivity contribution in [2.45, 2.75) is 44.6 Å². The third kappa shape index (κ3) is 4.73. The maximum absolute atomic E-state index is 12.5. The monoisotopic (exact) mass is 391 g/mol. The fourth-order valence-corrected chi connectivity index (χ4v) is 3.70. The zero-order chi connectivity index (χ0) is 20.2. The molecular formula is C18H25N5O3S. The molecule has 9 heteroatoms. The van der Waals surface area contributed by atoms with Gasteiger partial charge in [0.25, 0.3) is 10.0 Å². The second-order valence-electron chi connectivity index (χ2n) is 6.64. The second-order valence-corrected chi connectivity index (χ2v) is 8.24. The van der Waals surface area contributed by atoms with Crippen LogP contribution in [0.25, 0.3) is 0 Å². The number of carbonyl (C=O) groups excluding carboxylic acids is 1. The average Bonchev–Trinajstić information content (AvgIpc) is 2.60. The van der Waals surface area contributed by atoms with Crippen LogP contribution in [-0.2, 0) is 10.0 Å². The Bertz CT molecular complexity index is 900. The summed E-state index contributed by atoms with van der Waals surface area (Å²) in [5.74, 6) is 0.376. The van der Waals surface area contributed by atoms with E-state index in [4.69, 9.17) is 0 Å². The lowest BCUT2D eigenvalue weighted by Crippen LogP contribution is -2.35. The van der Waals surface area contributed by atoms with Crippen LogP contribution in [0.4, 0.5) is 16.3 Å². The van der Waals surface area contributed by atoms with Gasteiger partial charge in [0, 0.05) is 25.1 Å². The summed E-state index contributed by atoms with van der Waals surface area (Å²) in [5.41, 5.74) is 2.50. The summed E-state index contributed by atoms with van der Waals surface area (Å²) >= 11 is 0. The Kier molecular flexibility index (Phi) is 6.37. The topological polar surface area (TPSA) is 113 Å². The van der Waals surface area contributed by atoms with Crippen LogP contribution < -0.4 is 15.4 Å². The van der Waals surface area contributed by atoms with E-state index in [2.05, 4.69) is 20.6 Å². The maximum Gasteiger partial charge on any atom is 0.333 e. The summed E-state index contributed by atoms with van der Waals surface area (Å²) in [7, 11) is -2.66. The third-order valence-electron chi connectivity index (χ3n) is 3.99. The minimum Gasteiger partial charge on any atom is -0.371 e. The number of para-hydroxylation sites is 1. The number of sulfonamides is 1. The molecule has 0 aliphatic carbocycles. The number of carbonyl (C=O) groups is 1. The van der Waals surface area contributed by atoms with E-state index in [1.165, 1.54) is 19.4 Å². The number of rotatable bonds is 6. The number of hydrogen-bond acceptors (Lipinski definition) is 6. The fourth-order valence-electron chi connectivity index (χ4n) is 2.70.